The molecule has 0 spiro atoms. The van der Waals surface area contributed by atoms with Crippen LogP contribution < -0.4 is 0 Å². The van der Waals surface area contributed by atoms with E-state index in [-0.39, 0.29) is 0 Å². The normalized spacial score (nSPS) is 16.0. The SMILES string of the molecule is C1=CCC(c2ccccc2C2=CC=CC2)=C1.[Cl][Zr]. The molecule has 18 heavy (non-hydrogen) atoms. The average molecular weight is 333 g/mol. The second-order valence-corrected chi connectivity index (χ2v) is 4.19. The van der Waals surface area contributed by atoms with E-state index in [4.69, 9.17) is 8.51 Å². The summed E-state index contributed by atoms with van der Waals surface area (Å²) in [4.78, 5) is 0. The predicted molar refractivity (Wildman–Crippen MR) is 75.8 cm³/mol. The van der Waals surface area contributed by atoms with Crippen molar-refractivity contribution < 1.29 is 23.5 Å². The zero-order valence-electron chi connectivity index (χ0n) is 10.1. The molecule has 2 heteroatoms. The van der Waals surface area contributed by atoms with Crippen LogP contribution in [0.3, 0.4) is 0 Å². The van der Waals surface area contributed by atoms with Crippen LogP contribution >= 0.6 is 8.51 Å². The van der Waals surface area contributed by atoms with E-state index < -0.39 is 0 Å². The van der Waals surface area contributed by atoms with Gasteiger partial charge in [-0.25, -0.2) is 0 Å². The first-order valence-corrected chi connectivity index (χ1v) is 9.12. The van der Waals surface area contributed by atoms with Crippen molar-refractivity contribution in [1.82, 2.24) is 0 Å². The predicted octanol–water partition coefficient (Wildman–Crippen LogP) is 5.06. The van der Waals surface area contributed by atoms with E-state index in [0.29, 0.717) is 0 Å². The van der Waals surface area contributed by atoms with Crippen molar-refractivity contribution in [3.05, 3.63) is 71.8 Å². The maximum absolute atomic E-state index is 4.73. The Morgan fingerprint density at radius 3 is 1.56 bits per heavy atom. The number of rotatable bonds is 2. The number of benzene rings is 1. The zero-order valence-corrected chi connectivity index (χ0v) is 13.3. The first-order chi connectivity index (χ1) is 8.95. The minimum absolute atomic E-state index is 1.02. The summed E-state index contributed by atoms with van der Waals surface area (Å²) >= 11 is 1.02. The summed E-state index contributed by atoms with van der Waals surface area (Å²) in [6.07, 6.45) is 15.3. The Bertz CT molecular complexity index is 487. The van der Waals surface area contributed by atoms with Gasteiger partial charge in [-0.2, -0.15) is 0 Å². The van der Waals surface area contributed by atoms with Gasteiger partial charge in [0.15, 0.2) is 0 Å². The second kappa shape index (κ2) is 7.07. The van der Waals surface area contributed by atoms with Gasteiger partial charge in [0.05, 0.1) is 0 Å². The molecule has 0 heterocycles. The molecule has 0 radical (unpaired) electrons. The third-order valence-corrected chi connectivity index (χ3v) is 3.16. The van der Waals surface area contributed by atoms with E-state index in [1.54, 1.807) is 0 Å². The van der Waals surface area contributed by atoms with Crippen LogP contribution in [0, 0.1) is 0 Å². The van der Waals surface area contributed by atoms with Crippen LogP contribution in [0.25, 0.3) is 11.1 Å². The molecule has 2 aliphatic carbocycles. The second-order valence-electron chi connectivity index (χ2n) is 4.19. The van der Waals surface area contributed by atoms with Gasteiger partial charge in [-0.1, -0.05) is 60.7 Å². The molecule has 0 bridgehead atoms. The summed E-state index contributed by atoms with van der Waals surface area (Å²) in [5.74, 6) is 0. The van der Waals surface area contributed by atoms with Gasteiger partial charge in [0.25, 0.3) is 0 Å². The summed E-state index contributed by atoms with van der Waals surface area (Å²) in [6, 6.07) is 8.71. The van der Waals surface area contributed by atoms with Crippen LogP contribution in [0.4, 0.5) is 0 Å². The molecule has 1 aromatic carbocycles. The molecule has 2 aliphatic rings. The van der Waals surface area contributed by atoms with Gasteiger partial charge in [-0.15, -0.1) is 0 Å². The number of hydrogen-bond donors (Lipinski definition) is 0. The van der Waals surface area contributed by atoms with Crippen LogP contribution in [0.15, 0.2) is 60.7 Å². The molecule has 1 aromatic rings. The molecule has 0 aliphatic heterocycles. The van der Waals surface area contributed by atoms with E-state index in [1.165, 1.54) is 22.3 Å². The van der Waals surface area contributed by atoms with Crippen molar-refractivity contribution in [2.24, 2.45) is 0 Å². The quantitative estimate of drug-likeness (QED) is 0.710. The third-order valence-electron chi connectivity index (χ3n) is 3.16. The molecule has 0 fully saturated rings. The number of hydrogen-bond acceptors (Lipinski definition) is 0. The Morgan fingerprint density at radius 1 is 0.778 bits per heavy atom. The van der Waals surface area contributed by atoms with Gasteiger partial charge < -0.3 is 0 Å². The van der Waals surface area contributed by atoms with Crippen molar-refractivity contribution in [3.63, 3.8) is 0 Å². The molecule has 0 atom stereocenters. The Labute approximate surface area is 127 Å². The van der Waals surface area contributed by atoms with Crippen LogP contribution in [0.5, 0.6) is 0 Å². The van der Waals surface area contributed by atoms with Gasteiger partial charge in [0.2, 0.25) is 0 Å². The summed E-state index contributed by atoms with van der Waals surface area (Å²) in [7, 11) is 4.73. The van der Waals surface area contributed by atoms with Crippen LogP contribution in [0.2, 0.25) is 0 Å². The molecule has 3 rings (SSSR count). The van der Waals surface area contributed by atoms with Crippen molar-refractivity contribution in [2.45, 2.75) is 12.8 Å². The average Bonchev–Trinajstić information content (AvgIpc) is 3.14. The van der Waals surface area contributed by atoms with Crippen LogP contribution in [-0.2, 0) is 23.5 Å². The van der Waals surface area contributed by atoms with Crippen molar-refractivity contribution in [2.75, 3.05) is 0 Å². The first kappa shape index (κ1) is 13.8. The van der Waals surface area contributed by atoms with Crippen molar-refractivity contribution in [3.8, 4) is 0 Å². The molecular formula is C16H14ClZr. The van der Waals surface area contributed by atoms with Crippen LogP contribution in [-0.4, -0.2) is 0 Å². The van der Waals surface area contributed by atoms with Gasteiger partial charge in [-0.3, -0.25) is 0 Å². The Balaban J connectivity index is 0.000000574. The van der Waals surface area contributed by atoms with Gasteiger partial charge in [0.1, 0.15) is 0 Å². The molecule has 0 amide bonds. The molecular weight excluding hydrogens is 319 g/mol. The fraction of sp³-hybridized carbons (Fsp3) is 0.125. The van der Waals surface area contributed by atoms with E-state index >= 15 is 0 Å². The zero-order chi connectivity index (χ0) is 12.8. The van der Waals surface area contributed by atoms with Gasteiger partial charge in [-0.05, 0) is 35.1 Å². The monoisotopic (exact) mass is 331 g/mol. The Kier molecular flexibility index (Phi) is 5.41. The summed E-state index contributed by atoms with van der Waals surface area (Å²) in [5.41, 5.74) is 5.65. The van der Waals surface area contributed by atoms with E-state index in [0.717, 1.165) is 36.4 Å². The molecule has 0 saturated heterocycles. The standard InChI is InChI=1S/C16H14.ClH.Zr/c1-2-8-13(7-1)15-11-5-6-12-16(15)14-9-3-4-10-14;;/h1-7,9,11-12H,8,10H2;1H;/q;;+1/p-1. The van der Waals surface area contributed by atoms with Gasteiger partial charge in [0, 0.05) is 0 Å². The molecule has 0 N–H and O–H groups in total. The molecule has 0 aromatic heterocycles. The fourth-order valence-electron chi connectivity index (χ4n) is 2.34. The first-order valence-electron chi connectivity index (χ1n) is 5.95. The third kappa shape index (κ3) is 3.02. The van der Waals surface area contributed by atoms with E-state index in [9.17, 15) is 0 Å². The maximum atomic E-state index is 4.73. The Hall–Kier alpha value is -0.647. The van der Waals surface area contributed by atoms with E-state index in [2.05, 4.69) is 60.7 Å². The van der Waals surface area contributed by atoms with Crippen LogP contribution in [0.1, 0.15) is 24.0 Å². The summed E-state index contributed by atoms with van der Waals surface area (Å²) in [6.45, 7) is 0. The molecule has 89 valence electrons. The topological polar surface area (TPSA) is 0 Å². The van der Waals surface area contributed by atoms with E-state index in [1.807, 2.05) is 0 Å². The van der Waals surface area contributed by atoms with Crippen molar-refractivity contribution >= 4 is 19.7 Å². The van der Waals surface area contributed by atoms with Gasteiger partial charge >= 0.3 is 32.0 Å². The molecule has 0 saturated carbocycles. The summed E-state index contributed by atoms with van der Waals surface area (Å²) in [5, 5.41) is 0. The Morgan fingerprint density at radius 2 is 1.22 bits per heavy atom. The minimum atomic E-state index is 1.02. The number of halogens is 1. The fourth-order valence-corrected chi connectivity index (χ4v) is 2.34. The molecule has 0 unspecified atom stereocenters. The van der Waals surface area contributed by atoms with Crippen molar-refractivity contribution in [1.29, 1.82) is 0 Å². The number of allylic oxidation sites excluding steroid dienone is 8. The molecule has 0 nitrogen and oxygen atoms in total. The summed E-state index contributed by atoms with van der Waals surface area (Å²) < 4.78 is 0.